The second-order valence-corrected chi connectivity index (χ2v) is 4.58. The Labute approximate surface area is 96.2 Å². The Morgan fingerprint density at radius 2 is 2.12 bits per heavy atom. The van der Waals surface area contributed by atoms with Gasteiger partial charge in [-0.2, -0.15) is 0 Å². The molecular weight excluding hydrogens is 198 g/mol. The predicted molar refractivity (Wildman–Crippen MR) is 69.3 cm³/mol. The lowest BCUT2D eigenvalue weighted by molar-refractivity contribution is 0.590. The summed E-state index contributed by atoms with van der Waals surface area (Å²) in [7, 11) is 2.06. The molecule has 0 amide bonds. The van der Waals surface area contributed by atoms with Crippen LogP contribution in [0.5, 0.6) is 0 Å². The lowest BCUT2D eigenvalue weighted by Gasteiger charge is -2.06. The van der Waals surface area contributed by atoms with Crippen molar-refractivity contribution in [2.75, 3.05) is 5.73 Å². The molecule has 2 rings (SSSR count). The number of aryl methyl sites for hydroxylation is 1. The van der Waals surface area contributed by atoms with Gasteiger partial charge in [-0.3, -0.25) is 0 Å². The fourth-order valence-corrected chi connectivity index (χ4v) is 1.94. The highest BCUT2D eigenvalue weighted by atomic mass is 14.9. The Hall–Kier alpha value is -1.48. The highest BCUT2D eigenvalue weighted by molar-refractivity contribution is 5.86. The van der Waals surface area contributed by atoms with Crippen molar-refractivity contribution < 1.29 is 0 Å². The summed E-state index contributed by atoms with van der Waals surface area (Å²) in [5.41, 5.74) is 9.13. The van der Waals surface area contributed by atoms with Gasteiger partial charge in [-0.1, -0.05) is 19.9 Å². The Morgan fingerprint density at radius 1 is 1.38 bits per heavy atom. The second kappa shape index (κ2) is 4.18. The van der Waals surface area contributed by atoms with Crippen LogP contribution in [-0.4, -0.2) is 10.6 Å². The first-order chi connectivity index (χ1) is 7.58. The van der Waals surface area contributed by atoms with Gasteiger partial charge in [0.05, 0.1) is 5.52 Å². The van der Waals surface area contributed by atoms with Crippen LogP contribution >= 0.6 is 0 Å². The van der Waals surface area contributed by atoms with E-state index in [-0.39, 0.29) is 0 Å². The molecule has 0 fully saturated rings. The SMILES string of the molecule is CC(C)NCc1cn(C)c2cc(N)ccc12. The molecule has 0 atom stereocenters. The summed E-state index contributed by atoms with van der Waals surface area (Å²) in [5, 5.41) is 4.72. The van der Waals surface area contributed by atoms with E-state index in [0.717, 1.165) is 12.2 Å². The minimum absolute atomic E-state index is 0.504. The van der Waals surface area contributed by atoms with Crippen LogP contribution < -0.4 is 11.1 Å². The van der Waals surface area contributed by atoms with Crippen molar-refractivity contribution in [3.63, 3.8) is 0 Å². The molecule has 0 spiro atoms. The first kappa shape index (κ1) is 11.0. The minimum atomic E-state index is 0.504. The van der Waals surface area contributed by atoms with Crippen LogP contribution in [0.1, 0.15) is 19.4 Å². The summed E-state index contributed by atoms with van der Waals surface area (Å²) >= 11 is 0. The molecule has 2 aromatic rings. The van der Waals surface area contributed by atoms with Crippen LogP contribution in [0.15, 0.2) is 24.4 Å². The van der Waals surface area contributed by atoms with E-state index in [9.17, 15) is 0 Å². The van der Waals surface area contributed by atoms with Gasteiger partial charge in [-0.15, -0.1) is 0 Å². The van der Waals surface area contributed by atoms with Crippen molar-refractivity contribution in [2.24, 2.45) is 7.05 Å². The van der Waals surface area contributed by atoms with E-state index in [1.807, 2.05) is 12.1 Å². The average Bonchev–Trinajstić information content (AvgIpc) is 2.53. The van der Waals surface area contributed by atoms with Crippen molar-refractivity contribution in [3.8, 4) is 0 Å². The number of nitrogens with two attached hydrogens (primary N) is 1. The van der Waals surface area contributed by atoms with Crippen LogP contribution in [0.2, 0.25) is 0 Å². The fourth-order valence-electron chi connectivity index (χ4n) is 1.94. The number of rotatable bonds is 3. The van der Waals surface area contributed by atoms with Gasteiger partial charge in [0.25, 0.3) is 0 Å². The third-order valence-electron chi connectivity index (χ3n) is 2.80. The Morgan fingerprint density at radius 3 is 2.81 bits per heavy atom. The first-order valence-electron chi connectivity index (χ1n) is 5.64. The molecular formula is C13H19N3. The maximum Gasteiger partial charge on any atom is 0.0501 e. The second-order valence-electron chi connectivity index (χ2n) is 4.58. The number of nitrogen functional groups attached to an aromatic ring is 1. The largest absolute Gasteiger partial charge is 0.399 e. The zero-order valence-corrected chi connectivity index (χ0v) is 10.1. The van der Waals surface area contributed by atoms with Gasteiger partial charge < -0.3 is 15.6 Å². The van der Waals surface area contributed by atoms with Crippen LogP contribution in [0, 0.1) is 0 Å². The normalized spacial score (nSPS) is 11.5. The standard InChI is InChI=1S/C13H19N3/c1-9(2)15-7-10-8-16(3)13-6-11(14)4-5-12(10)13/h4-6,8-9,15H,7,14H2,1-3H3. The summed E-state index contributed by atoms with van der Waals surface area (Å²) in [6.07, 6.45) is 2.17. The van der Waals surface area contributed by atoms with Gasteiger partial charge in [0, 0.05) is 36.9 Å². The molecule has 0 bridgehead atoms. The number of nitrogens with zero attached hydrogens (tertiary/aromatic N) is 1. The van der Waals surface area contributed by atoms with E-state index in [1.54, 1.807) is 0 Å². The van der Waals surface area contributed by atoms with E-state index in [0.29, 0.717) is 6.04 Å². The molecule has 0 saturated carbocycles. The quantitative estimate of drug-likeness (QED) is 0.774. The Kier molecular flexibility index (Phi) is 2.88. The van der Waals surface area contributed by atoms with Crippen LogP contribution in [0.25, 0.3) is 10.9 Å². The van der Waals surface area contributed by atoms with Crippen molar-refractivity contribution in [2.45, 2.75) is 26.4 Å². The van der Waals surface area contributed by atoms with Crippen LogP contribution in [-0.2, 0) is 13.6 Å². The number of benzene rings is 1. The van der Waals surface area contributed by atoms with E-state index >= 15 is 0 Å². The summed E-state index contributed by atoms with van der Waals surface area (Å²) in [4.78, 5) is 0. The maximum absolute atomic E-state index is 5.80. The number of hydrogen-bond donors (Lipinski definition) is 2. The molecule has 1 aromatic carbocycles. The predicted octanol–water partition coefficient (Wildman–Crippen LogP) is 2.26. The molecule has 0 saturated heterocycles. The molecule has 0 aliphatic carbocycles. The zero-order chi connectivity index (χ0) is 11.7. The lowest BCUT2D eigenvalue weighted by Crippen LogP contribution is -2.21. The van der Waals surface area contributed by atoms with Gasteiger partial charge in [0.15, 0.2) is 0 Å². The van der Waals surface area contributed by atoms with Crippen molar-refractivity contribution >= 4 is 16.6 Å². The molecule has 3 nitrogen and oxygen atoms in total. The molecule has 0 aliphatic rings. The molecule has 1 aromatic heterocycles. The van der Waals surface area contributed by atoms with Crippen LogP contribution in [0.4, 0.5) is 5.69 Å². The Bertz CT molecular complexity index is 497. The third-order valence-corrected chi connectivity index (χ3v) is 2.80. The van der Waals surface area contributed by atoms with Crippen molar-refractivity contribution in [1.82, 2.24) is 9.88 Å². The lowest BCUT2D eigenvalue weighted by atomic mass is 10.1. The minimum Gasteiger partial charge on any atom is -0.399 e. The highest BCUT2D eigenvalue weighted by Gasteiger charge is 2.06. The molecule has 3 heteroatoms. The van der Waals surface area contributed by atoms with Crippen LogP contribution in [0.3, 0.4) is 0 Å². The van der Waals surface area contributed by atoms with Crippen molar-refractivity contribution in [3.05, 3.63) is 30.0 Å². The monoisotopic (exact) mass is 217 g/mol. The molecule has 0 aliphatic heterocycles. The van der Waals surface area contributed by atoms with E-state index < -0.39 is 0 Å². The van der Waals surface area contributed by atoms with E-state index in [1.165, 1.54) is 16.5 Å². The molecule has 0 radical (unpaired) electrons. The first-order valence-corrected chi connectivity index (χ1v) is 5.64. The van der Waals surface area contributed by atoms with Gasteiger partial charge in [-0.05, 0) is 17.7 Å². The smallest absolute Gasteiger partial charge is 0.0501 e. The maximum atomic E-state index is 5.80. The van der Waals surface area contributed by atoms with E-state index in [4.69, 9.17) is 5.73 Å². The topological polar surface area (TPSA) is 43.0 Å². The summed E-state index contributed by atoms with van der Waals surface area (Å²) < 4.78 is 2.13. The van der Waals surface area contributed by atoms with Crippen molar-refractivity contribution in [1.29, 1.82) is 0 Å². The number of hydrogen-bond acceptors (Lipinski definition) is 2. The Balaban J connectivity index is 2.39. The summed E-state index contributed by atoms with van der Waals surface area (Å²) in [6.45, 7) is 5.21. The van der Waals surface area contributed by atoms with Gasteiger partial charge in [-0.25, -0.2) is 0 Å². The fraction of sp³-hybridized carbons (Fsp3) is 0.385. The average molecular weight is 217 g/mol. The number of nitrogens with one attached hydrogen (secondary N) is 1. The molecule has 86 valence electrons. The van der Waals surface area contributed by atoms with Gasteiger partial charge in [0.2, 0.25) is 0 Å². The number of anilines is 1. The van der Waals surface area contributed by atoms with Gasteiger partial charge in [0.1, 0.15) is 0 Å². The third kappa shape index (κ3) is 2.04. The molecule has 3 N–H and O–H groups in total. The van der Waals surface area contributed by atoms with E-state index in [2.05, 4.69) is 43.0 Å². The molecule has 0 unspecified atom stereocenters. The summed E-state index contributed by atoms with van der Waals surface area (Å²) in [5.74, 6) is 0. The number of aromatic nitrogens is 1. The van der Waals surface area contributed by atoms with Gasteiger partial charge >= 0.3 is 0 Å². The number of fused-ring (bicyclic) bond motifs is 1. The highest BCUT2D eigenvalue weighted by Crippen LogP contribution is 2.22. The zero-order valence-electron chi connectivity index (χ0n) is 10.1. The molecule has 1 heterocycles. The molecule has 16 heavy (non-hydrogen) atoms. The summed E-state index contributed by atoms with van der Waals surface area (Å²) in [6, 6.07) is 6.58.